The molecule has 0 spiro atoms. The number of Topliss-reactive ketones (excluding diaryl/α,β-unsaturated/α-hetero) is 1. The van der Waals surface area contributed by atoms with E-state index in [9.17, 15) is 33.8 Å². The Morgan fingerprint density at radius 3 is 1.47 bits per heavy atom. The van der Waals surface area contributed by atoms with E-state index in [1.165, 1.54) is 30.7 Å². The quantitative estimate of drug-likeness (QED) is 0.0162. The summed E-state index contributed by atoms with van der Waals surface area (Å²) >= 11 is 12.6. The number of aliphatic hydroxyl groups is 2. The smallest absolute Gasteiger partial charge is 0.353 e. The van der Waals surface area contributed by atoms with E-state index in [2.05, 4.69) is 20.1 Å². The van der Waals surface area contributed by atoms with Gasteiger partial charge in [-0.15, -0.1) is 24.0 Å². The molecule has 6 aromatic rings. The molecule has 2 saturated carbocycles. The van der Waals surface area contributed by atoms with Crippen LogP contribution in [-0.4, -0.2) is 116 Å². The van der Waals surface area contributed by atoms with E-state index >= 15 is 0 Å². The molecule has 2 aliphatic carbocycles. The minimum absolute atomic E-state index is 0. The molecule has 4 atom stereocenters. The third-order valence-corrected chi connectivity index (χ3v) is 14.8. The topological polar surface area (TPSA) is 211 Å². The van der Waals surface area contributed by atoms with E-state index in [-0.39, 0.29) is 90.1 Å². The number of hydrogen-bond donors (Lipinski definition) is 6. The Bertz CT molecular complexity index is 3080. The van der Waals surface area contributed by atoms with Gasteiger partial charge in [-0.1, -0.05) is 94.2 Å². The van der Waals surface area contributed by atoms with Crippen LogP contribution in [0.4, 0.5) is 8.78 Å². The van der Waals surface area contributed by atoms with E-state index in [4.69, 9.17) is 48.7 Å². The molecule has 4 aliphatic rings. The van der Waals surface area contributed by atoms with E-state index < -0.39 is 18.2 Å². The Morgan fingerprint density at radius 2 is 1.05 bits per heavy atom. The Balaban J connectivity index is 0.000000186. The number of aliphatic hydroxyl groups excluding tert-OH is 2. The fourth-order valence-corrected chi connectivity index (χ4v) is 9.61. The molecule has 6 aromatic carbocycles. The second kappa shape index (κ2) is 28.6. The maximum atomic E-state index is 13.5. The van der Waals surface area contributed by atoms with Crippen LogP contribution in [-0.2, 0) is 22.4 Å². The molecule has 10 rings (SSSR count). The number of benzene rings is 6. The van der Waals surface area contributed by atoms with E-state index in [0.29, 0.717) is 52.6 Å². The van der Waals surface area contributed by atoms with Crippen LogP contribution in [0.5, 0.6) is 11.5 Å². The number of carboxylic acids is 1. The molecule has 14 nitrogen and oxygen atoms in total. The van der Waals surface area contributed by atoms with E-state index in [1.807, 2.05) is 36.4 Å². The Labute approximate surface area is 479 Å². The zero-order chi connectivity index (χ0) is 54.6. The number of aryl methyl sites for hydroxylation is 2. The minimum Gasteiger partial charge on any atom is -0.489 e. The highest BCUT2D eigenvalue weighted by Crippen LogP contribution is 2.37. The van der Waals surface area contributed by atoms with Crippen molar-refractivity contribution >= 4 is 91.9 Å². The Kier molecular flexibility index (Phi) is 22.0. The molecule has 2 unspecified atom stereocenters. The third kappa shape index (κ3) is 17.2. The van der Waals surface area contributed by atoms with Crippen molar-refractivity contribution in [2.24, 2.45) is 22.0 Å². The van der Waals surface area contributed by atoms with Crippen molar-refractivity contribution in [3.63, 3.8) is 0 Å². The van der Waals surface area contributed by atoms with Crippen LogP contribution in [0.15, 0.2) is 120 Å². The number of fused-ring (bicyclic) bond motifs is 2. The molecular weight excluding hydrogens is 1160 g/mol. The second-order valence-corrected chi connectivity index (χ2v) is 21.1. The SMILES string of the molecule is I.N[C@H](CN1CCC1)C(O)c1ccc(OC2CC2)c(Cl)c1.O=C(C[C@H](CN1CCC1)C(O)c1ccc(OC2CC2)c(Cl)c1)/C(CCc1ccc2cc(F)ccc2c1)=N/O.O=C(O)/C(CCc1ccc2cc(F)ccc2c1)=N/O. The molecule has 0 aromatic heterocycles. The van der Waals surface area contributed by atoms with Gasteiger partial charge in [0.05, 0.1) is 34.5 Å². The minimum atomic E-state index is -1.23. The molecule has 2 aliphatic heterocycles. The number of nitrogens with two attached hydrogens (primary N) is 1. The highest BCUT2D eigenvalue weighted by atomic mass is 127. The summed E-state index contributed by atoms with van der Waals surface area (Å²) in [7, 11) is 0. The monoisotopic (exact) mass is 1220 g/mol. The van der Waals surface area contributed by atoms with Crippen molar-refractivity contribution in [3.05, 3.63) is 153 Å². The van der Waals surface area contributed by atoms with Gasteiger partial charge in [-0.05, 0) is 170 Å². The van der Waals surface area contributed by atoms with E-state index in [0.717, 1.165) is 103 Å². The number of likely N-dealkylation sites (tertiary alicyclic amines) is 2. The number of hydrogen-bond acceptors (Lipinski definition) is 13. The standard InChI is InChI=1S/C30H32ClFN2O4.C15H21ClN2O2.C14H12FNO3.HI/c31-26-16-22(6-11-29(26)38-25-8-9-25)30(36)23(18-34-12-1-13-34)17-28(35)27(33-37)10-3-19-2-4-21-15-24(32)7-5-20(21)14-19;16-12-8-10(2-5-14(12)20-11-3-4-11)15(19)13(17)9-18-6-1-7-18;15-12-5-4-10-7-9(1-3-11(10)8-12)2-6-13(16-19)14(17)18;/h2,4-7,11,14-16,23,25,30,36-37H,1,3,8-10,12-13,17-18H2;2,5,8,11,13,15,19H,1,3-4,6-7,9,17H2;1,3-5,7-8,19H,2,6H2,(H,17,18);1H/b33-27+;;16-13+;/t23-,30?;13-,15?;;/m11../s1. The lowest BCUT2D eigenvalue weighted by Crippen LogP contribution is -2.47. The largest absolute Gasteiger partial charge is 0.489 e. The molecule has 416 valence electrons. The molecule has 19 heteroatoms. The molecule has 4 fully saturated rings. The number of oxime groups is 2. The summed E-state index contributed by atoms with van der Waals surface area (Å²) in [6.07, 6.45) is 6.88. The molecule has 2 saturated heterocycles. The lowest BCUT2D eigenvalue weighted by atomic mass is 9.88. The lowest BCUT2D eigenvalue weighted by Gasteiger charge is -2.35. The van der Waals surface area contributed by atoms with Crippen molar-refractivity contribution < 1.29 is 53.6 Å². The number of halogens is 5. The predicted molar refractivity (Wildman–Crippen MR) is 309 cm³/mol. The summed E-state index contributed by atoms with van der Waals surface area (Å²) in [5.74, 6) is -1.19. The van der Waals surface area contributed by atoms with Crippen LogP contribution in [0.2, 0.25) is 10.0 Å². The van der Waals surface area contributed by atoms with Crippen molar-refractivity contribution in [1.82, 2.24) is 9.80 Å². The summed E-state index contributed by atoms with van der Waals surface area (Å²) in [4.78, 5) is 28.3. The second-order valence-electron chi connectivity index (χ2n) is 20.3. The number of rotatable bonds is 22. The van der Waals surface area contributed by atoms with Crippen molar-refractivity contribution in [2.45, 2.75) is 101 Å². The first-order chi connectivity index (χ1) is 37.1. The summed E-state index contributed by atoms with van der Waals surface area (Å²) in [5.41, 5.74) is 9.12. The summed E-state index contributed by atoms with van der Waals surface area (Å²) in [5, 5.41) is 58.9. The van der Waals surface area contributed by atoms with Gasteiger partial charge in [0.1, 0.15) is 28.8 Å². The summed E-state index contributed by atoms with van der Waals surface area (Å²) < 4.78 is 38.0. The number of carboxylic acid groups (broad SMARTS) is 1. The van der Waals surface area contributed by atoms with Gasteiger partial charge in [-0.2, -0.15) is 0 Å². The average molecular weight is 1230 g/mol. The molecule has 78 heavy (non-hydrogen) atoms. The highest BCUT2D eigenvalue weighted by molar-refractivity contribution is 14.0. The maximum Gasteiger partial charge on any atom is 0.353 e. The highest BCUT2D eigenvalue weighted by Gasteiger charge is 2.31. The first-order valence-corrected chi connectivity index (χ1v) is 26.9. The van der Waals surface area contributed by atoms with Crippen LogP contribution in [0, 0.1) is 17.6 Å². The van der Waals surface area contributed by atoms with Crippen LogP contribution < -0.4 is 15.2 Å². The number of nitrogens with zero attached hydrogens (tertiary/aromatic N) is 4. The molecule has 7 N–H and O–H groups in total. The van der Waals surface area contributed by atoms with Crippen LogP contribution >= 0.6 is 47.2 Å². The van der Waals surface area contributed by atoms with Crippen LogP contribution in [0.1, 0.15) is 92.2 Å². The van der Waals surface area contributed by atoms with Gasteiger partial charge in [0.25, 0.3) is 0 Å². The van der Waals surface area contributed by atoms with Crippen molar-refractivity contribution in [3.8, 4) is 11.5 Å². The van der Waals surface area contributed by atoms with Gasteiger partial charge in [0.2, 0.25) is 0 Å². The first kappa shape index (κ1) is 60.1. The predicted octanol–water partition coefficient (Wildman–Crippen LogP) is 11.3. The van der Waals surface area contributed by atoms with Crippen molar-refractivity contribution in [1.29, 1.82) is 0 Å². The number of aliphatic carboxylic acids is 1. The van der Waals surface area contributed by atoms with Gasteiger partial charge < -0.3 is 50.7 Å². The molecular formula is C59H66Cl2F2IN5O9. The fraction of sp³-hybridized carbons (Fsp3) is 0.390. The Hall–Kier alpha value is -5.51. The number of carbonyl (C=O) groups excluding carboxylic acids is 1. The fourth-order valence-electron chi connectivity index (χ4n) is 9.15. The first-order valence-electron chi connectivity index (χ1n) is 26.2. The van der Waals surface area contributed by atoms with E-state index in [1.54, 1.807) is 48.5 Å². The third-order valence-electron chi connectivity index (χ3n) is 14.2. The summed E-state index contributed by atoms with van der Waals surface area (Å²) in [6.45, 7) is 5.30. The molecule has 2 heterocycles. The molecule has 0 bridgehead atoms. The average Bonchev–Trinajstić information content (AvgIpc) is 4.36. The number of ketones is 1. The summed E-state index contributed by atoms with van der Waals surface area (Å²) in [6, 6.07) is 30.7. The number of ether oxygens (including phenoxy) is 2. The van der Waals surface area contributed by atoms with Crippen LogP contribution in [0.3, 0.4) is 0 Å². The van der Waals surface area contributed by atoms with Crippen LogP contribution in [0.25, 0.3) is 21.5 Å². The number of carbonyl (C=O) groups is 2. The van der Waals surface area contributed by atoms with Gasteiger partial charge in [0.15, 0.2) is 11.5 Å². The molecule has 0 radical (unpaired) electrons. The van der Waals surface area contributed by atoms with Gasteiger partial charge in [-0.25, -0.2) is 13.6 Å². The van der Waals surface area contributed by atoms with Gasteiger partial charge in [0, 0.05) is 44.3 Å². The lowest BCUT2D eigenvalue weighted by molar-refractivity contribution is -0.129. The molecule has 0 amide bonds. The normalized spacial score (nSPS) is 17.2. The zero-order valence-electron chi connectivity index (χ0n) is 43.0. The van der Waals surface area contributed by atoms with Gasteiger partial charge in [-0.3, -0.25) is 4.79 Å². The van der Waals surface area contributed by atoms with Crippen molar-refractivity contribution in [2.75, 3.05) is 39.3 Å². The maximum absolute atomic E-state index is 13.5. The zero-order valence-corrected chi connectivity index (χ0v) is 46.9. The Morgan fingerprint density at radius 1 is 0.615 bits per heavy atom. The van der Waals surface area contributed by atoms with Gasteiger partial charge >= 0.3 is 5.97 Å².